The van der Waals surface area contributed by atoms with Gasteiger partial charge in [-0.25, -0.2) is 0 Å². The van der Waals surface area contributed by atoms with Gasteiger partial charge in [0.05, 0.1) is 12.0 Å². The van der Waals surface area contributed by atoms with Crippen molar-refractivity contribution >= 4 is 17.6 Å². The summed E-state index contributed by atoms with van der Waals surface area (Å²) < 4.78 is 6.04. The number of nitrogens with zero attached hydrogens (tertiary/aromatic N) is 2. The van der Waals surface area contributed by atoms with Crippen LogP contribution < -0.4 is 0 Å². The second kappa shape index (κ2) is 10.2. The third kappa shape index (κ3) is 4.89. The molecular weight excluding hydrogens is 480 g/mol. The number of halogens is 1. The Balaban J connectivity index is 1.13. The number of carbonyl (C=O) groups is 1. The fourth-order valence-corrected chi connectivity index (χ4v) is 7.97. The molecule has 2 saturated carbocycles. The van der Waals surface area contributed by atoms with E-state index in [0.717, 1.165) is 57.0 Å². The van der Waals surface area contributed by atoms with Gasteiger partial charge in [0.15, 0.2) is 0 Å². The average Bonchev–Trinajstić information content (AvgIpc) is 3.19. The maximum atomic E-state index is 13.1. The number of carbonyl (C=O) groups excluding carboxylic acids is 1. The highest BCUT2D eigenvalue weighted by Gasteiger charge is 2.55. The zero-order chi connectivity index (χ0) is 25.6. The van der Waals surface area contributed by atoms with Gasteiger partial charge in [-0.3, -0.25) is 14.6 Å². The molecule has 4 nitrogen and oxygen atoms in total. The number of benzene rings is 2. The molecule has 4 fully saturated rings. The smallest absolute Gasteiger partial charge is 0.310 e. The monoisotopic (exact) mass is 518 g/mol. The molecule has 2 saturated heterocycles. The van der Waals surface area contributed by atoms with Crippen molar-refractivity contribution in [3.63, 3.8) is 0 Å². The van der Waals surface area contributed by atoms with Gasteiger partial charge in [0.25, 0.3) is 0 Å². The van der Waals surface area contributed by atoms with Crippen molar-refractivity contribution in [1.82, 2.24) is 9.80 Å². The first-order valence-corrected chi connectivity index (χ1v) is 14.4. The van der Waals surface area contributed by atoms with Crippen molar-refractivity contribution in [3.05, 3.63) is 82.9 Å². The summed E-state index contributed by atoms with van der Waals surface area (Å²) in [7, 11) is 0. The number of rotatable bonds is 5. The summed E-state index contributed by atoms with van der Waals surface area (Å²) in [6, 6.07) is 19.2. The lowest BCUT2D eigenvalue weighted by Crippen LogP contribution is -2.50. The zero-order valence-corrected chi connectivity index (χ0v) is 22.7. The number of esters is 1. The maximum absolute atomic E-state index is 13.1. The van der Waals surface area contributed by atoms with E-state index in [1.165, 1.54) is 29.5 Å². The summed E-state index contributed by atoms with van der Waals surface area (Å²) in [5.41, 5.74) is 4.24. The van der Waals surface area contributed by atoms with E-state index >= 15 is 0 Å². The van der Waals surface area contributed by atoms with Crippen LogP contribution in [0.5, 0.6) is 0 Å². The van der Waals surface area contributed by atoms with Gasteiger partial charge < -0.3 is 4.74 Å². The van der Waals surface area contributed by atoms with Gasteiger partial charge in [-0.2, -0.15) is 0 Å². The molecule has 0 spiro atoms. The molecule has 4 aliphatic rings. The van der Waals surface area contributed by atoms with Crippen LogP contribution in [0.15, 0.2) is 66.7 Å². The summed E-state index contributed by atoms with van der Waals surface area (Å²) in [4.78, 5) is 18.2. The summed E-state index contributed by atoms with van der Waals surface area (Å²) in [6.07, 6.45) is 5.79. The van der Waals surface area contributed by atoms with E-state index in [1.54, 1.807) is 0 Å². The fourth-order valence-electron chi connectivity index (χ4n) is 7.84. The fraction of sp³-hybridized carbons (Fsp3) is 0.531. The summed E-state index contributed by atoms with van der Waals surface area (Å²) >= 11 is 6.20. The van der Waals surface area contributed by atoms with Gasteiger partial charge in [-0.1, -0.05) is 73.1 Å². The largest absolute Gasteiger partial charge is 0.462 e. The van der Waals surface area contributed by atoms with E-state index < -0.39 is 0 Å². The minimum absolute atomic E-state index is 0.00277. The number of hydrogen-bond donors (Lipinski definition) is 0. The Morgan fingerprint density at radius 2 is 1.76 bits per heavy atom. The van der Waals surface area contributed by atoms with Crippen LogP contribution in [0.2, 0.25) is 5.02 Å². The predicted octanol–water partition coefficient (Wildman–Crippen LogP) is 6.36. The minimum Gasteiger partial charge on any atom is -0.462 e. The molecule has 2 aliphatic carbocycles. The molecule has 2 heterocycles. The SMILES string of the molecule is C=C1CCC[C@]2(C)C[C@H]3OC(=O)[C@@H](CN4CCN([C@H](c5ccccc5)c5ccc(Cl)cc5)CC4)[C@@H]3C[C@@H]12. The Bertz CT molecular complexity index is 1130. The van der Waals surface area contributed by atoms with E-state index in [2.05, 4.69) is 65.8 Å². The third-order valence-corrected chi connectivity index (χ3v) is 10.1. The lowest BCUT2D eigenvalue weighted by atomic mass is 9.55. The first-order chi connectivity index (χ1) is 17.9. The van der Waals surface area contributed by atoms with Crippen LogP contribution in [0.3, 0.4) is 0 Å². The highest BCUT2D eigenvalue weighted by atomic mass is 35.5. The summed E-state index contributed by atoms with van der Waals surface area (Å²) in [5, 5.41) is 0.766. The van der Waals surface area contributed by atoms with Gasteiger partial charge in [0.1, 0.15) is 6.10 Å². The number of hydrogen-bond acceptors (Lipinski definition) is 4. The first kappa shape index (κ1) is 25.2. The number of ether oxygens (including phenoxy) is 1. The molecule has 2 aliphatic heterocycles. The predicted molar refractivity (Wildman–Crippen MR) is 148 cm³/mol. The van der Waals surface area contributed by atoms with Gasteiger partial charge in [-0.05, 0) is 66.7 Å². The maximum Gasteiger partial charge on any atom is 0.310 e. The molecular formula is C32H39ClN2O2. The normalized spacial score (nSPS) is 33.5. The van der Waals surface area contributed by atoms with E-state index in [-0.39, 0.29) is 29.4 Å². The van der Waals surface area contributed by atoms with Gasteiger partial charge in [0, 0.05) is 43.7 Å². The van der Waals surface area contributed by atoms with E-state index in [1.807, 2.05) is 12.1 Å². The summed E-state index contributed by atoms with van der Waals surface area (Å²) in [5.74, 6) is 0.914. The van der Waals surface area contributed by atoms with E-state index in [4.69, 9.17) is 16.3 Å². The quantitative estimate of drug-likeness (QED) is 0.340. The van der Waals surface area contributed by atoms with E-state index in [0.29, 0.717) is 11.8 Å². The number of fused-ring (bicyclic) bond motifs is 2. The molecule has 196 valence electrons. The second-order valence-electron chi connectivity index (χ2n) is 12.1. The standard InChI is InChI=1S/C32H39ClN2O2/c1-22-7-6-14-32(2)20-29-26(19-28(22)32)27(31(36)37-29)21-34-15-17-35(18-16-34)30(23-8-4-3-5-9-23)24-10-12-25(33)13-11-24/h3-5,8-13,26-30H,1,6-7,14-21H2,2H3/t26-,27-,28-,29+,30+,32+/m0/s1. The van der Waals surface area contributed by atoms with Crippen molar-refractivity contribution in [2.45, 2.75) is 51.2 Å². The molecule has 0 aromatic heterocycles. The average molecular weight is 519 g/mol. The van der Waals surface area contributed by atoms with Gasteiger partial charge >= 0.3 is 5.97 Å². The molecule has 0 unspecified atom stereocenters. The Hall–Kier alpha value is -2.14. The van der Waals surface area contributed by atoms with Crippen LogP contribution in [-0.4, -0.2) is 54.6 Å². The Morgan fingerprint density at radius 3 is 2.49 bits per heavy atom. The van der Waals surface area contributed by atoms with Crippen molar-refractivity contribution in [2.24, 2.45) is 23.2 Å². The topological polar surface area (TPSA) is 32.8 Å². The van der Waals surface area contributed by atoms with Crippen LogP contribution in [0, 0.1) is 23.2 Å². The van der Waals surface area contributed by atoms with Crippen molar-refractivity contribution in [1.29, 1.82) is 0 Å². The van der Waals surface area contributed by atoms with Crippen LogP contribution in [0.4, 0.5) is 0 Å². The molecule has 37 heavy (non-hydrogen) atoms. The first-order valence-electron chi connectivity index (χ1n) is 14.1. The molecule has 6 rings (SSSR count). The molecule has 6 atom stereocenters. The Morgan fingerprint density at radius 1 is 1.05 bits per heavy atom. The lowest BCUT2D eigenvalue weighted by molar-refractivity contribution is -0.146. The van der Waals surface area contributed by atoms with Gasteiger partial charge in [-0.15, -0.1) is 0 Å². The van der Waals surface area contributed by atoms with Crippen molar-refractivity contribution < 1.29 is 9.53 Å². The summed E-state index contributed by atoms with van der Waals surface area (Å²) in [6.45, 7) is 11.5. The molecule has 0 amide bonds. The van der Waals surface area contributed by atoms with Crippen LogP contribution in [0.1, 0.15) is 56.2 Å². The third-order valence-electron chi connectivity index (χ3n) is 9.85. The highest BCUT2D eigenvalue weighted by molar-refractivity contribution is 6.30. The zero-order valence-electron chi connectivity index (χ0n) is 21.9. The van der Waals surface area contributed by atoms with Crippen molar-refractivity contribution in [3.8, 4) is 0 Å². The highest BCUT2D eigenvalue weighted by Crippen LogP contribution is 2.57. The molecule has 2 aromatic carbocycles. The number of piperazine rings is 1. The van der Waals surface area contributed by atoms with Gasteiger partial charge in [0.2, 0.25) is 0 Å². The van der Waals surface area contributed by atoms with Crippen LogP contribution >= 0.6 is 11.6 Å². The molecule has 5 heteroatoms. The number of allylic oxidation sites excluding steroid dienone is 1. The Labute approximate surface area is 226 Å². The van der Waals surface area contributed by atoms with Crippen LogP contribution in [-0.2, 0) is 9.53 Å². The van der Waals surface area contributed by atoms with Crippen molar-refractivity contribution in [2.75, 3.05) is 32.7 Å². The molecule has 0 radical (unpaired) electrons. The van der Waals surface area contributed by atoms with E-state index in [9.17, 15) is 4.79 Å². The Kier molecular flexibility index (Phi) is 6.94. The lowest BCUT2D eigenvalue weighted by Gasteiger charge is -2.50. The molecule has 2 aromatic rings. The van der Waals surface area contributed by atoms with Crippen LogP contribution in [0.25, 0.3) is 0 Å². The minimum atomic E-state index is -0.00277. The second-order valence-corrected chi connectivity index (χ2v) is 12.5. The molecule has 0 N–H and O–H groups in total. The molecule has 0 bridgehead atoms.